The minimum Gasteiger partial charge on any atom is -0.481 e. The fourth-order valence-electron chi connectivity index (χ4n) is 7.85. The number of carboxylic acid groups (broad SMARTS) is 1. The Hall–Kier alpha value is -6.47. The number of H-pyrrole nitrogens is 1. The summed E-state index contributed by atoms with van der Waals surface area (Å²) in [6, 6.07) is 28.5. The quantitative estimate of drug-likeness (QED) is 0.0676. The molecule has 12 nitrogen and oxygen atoms in total. The number of halogens is 1. The number of aliphatic carboxylic acids is 1. The molecule has 3 N–H and O–H groups in total. The number of aromatic nitrogens is 5. The third kappa shape index (κ3) is 10.6. The Morgan fingerprint density at radius 2 is 1.57 bits per heavy atom. The molecule has 13 heteroatoms. The maximum atomic E-state index is 14.2. The van der Waals surface area contributed by atoms with Gasteiger partial charge >= 0.3 is 11.9 Å². The summed E-state index contributed by atoms with van der Waals surface area (Å²) in [5.74, 6) is -2.39. The van der Waals surface area contributed by atoms with Crippen molar-refractivity contribution in [3.63, 3.8) is 0 Å². The summed E-state index contributed by atoms with van der Waals surface area (Å²) in [4.78, 5) is 41.8. The smallest absolute Gasteiger partial charge is 0.329 e. The summed E-state index contributed by atoms with van der Waals surface area (Å²) in [7, 11) is 0. The van der Waals surface area contributed by atoms with E-state index in [-0.39, 0.29) is 37.2 Å². The van der Waals surface area contributed by atoms with Gasteiger partial charge in [-0.15, -0.1) is 5.10 Å². The number of hydrogen-bond donors (Lipinski definition) is 3. The SMILES string of the molecule is CCCCC(=O)N(Cc1ccc(-c2ccccc2-c2nnn[nH]2)cc1)[C@H](C(=O)O[C@H](CC(=O)O)C[C@@H](O)/C=C/c1c(-c2ccc(F)cc2)c2ccccc2n1C(C)C)C(C)C. The number of aromatic amines is 1. The summed E-state index contributed by atoms with van der Waals surface area (Å²) >= 11 is 0. The van der Waals surface area contributed by atoms with Crippen LogP contribution in [0.4, 0.5) is 4.39 Å². The fraction of sp³-hybridized carbons (Fsp3) is 0.333. The van der Waals surface area contributed by atoms with E-state index in [1.807, 2.05) is 107 Å². The van der Waals surface area contributed by atoms with Gasteiger partial charge in [0.25, 0.3) is 0 Å². The highest BCUT2D eigenvalue weighted by Crippen LogP contribution is 2.38. The number of esters is 1. The molecule has 61 heavy (non-hydrogen) atoms. The zero-order valence-electron chi connectivity index (χ0n) is 35.2. The van der Waals surface area contributed by atoms with Gasteiger partial charge in [-0.25, -0.2) is 14.3 Å². The van der Waals surface area contributed by atoms with Crippen LogP contribution in [0.25, 0.3) is 50.6 Å². The van der Waals surface area contributed by atoms with Crippen LogP contribution in [0.1, 0.15) is 84.0 Å². The molecule has 0 bridgehead atoms. The number of unbranched alkanes of at least 4 members (excludes halogenated alkanes) is 1. The number of hydrogen-bond acceptors (Lipinski definition) is 8. The van der Waals surface area contributed by atoms with Crippen LogP contribution in [-0.4, -0.2) is 76.4 Å². The molecule has 1 amide bonds. The van der Waals surface area contributed by atoms with Gasteiger partial charge in [-0.05, 0) is 83.1 Å². The van der Waals surface area contributed by atoms with Gasteiger partial charge in [0.2, 0.25) is 5.91 Å². The lowest BCUT2D eigenvalue weighted by atomic mass is 9.97. The number of aliphatic hydroxyl groups excluding tert-OH is 1. The number of nitrogens with one attached hydrogen (secondary N) is 1. The molecule has 0 aliphatic heterocycles. The number of rotatable bonds is 19. The van der Waals surface area contributed by atoms with Crippen molar-refractivity contribution in [1.82, 2.24) is 30.1 Å². The Morgan fingerprint density at radius 1 is 0.902 bits per heavy atom. The van der Waals surface area contributed by atoms with Crippen LogP contribution < -0.4 is 0 Å². The lowest BCUT2D eigenvalue weighted by Crippen LogP contribution is -2.49. The topological polar surface area (TPSA) is 164 Å². The minimum atomic E-state index is -1.21. The number of carbonyl (C=O) groups is 3. The summed E-state index contributed by atoms with van der Waals surface area (Å²) in [6.45, 7) is 9.84. The predicted octanol–water partition coefficient (Wildman–Crippen LogP) is 9.27. The average molecular weight is 829 g/mol. The minimum absolute atomic E-state index is 0.0186. The third-order valence-corrected chi connectivity index (χ3v) is 10.7. The number of amides is 1. The molecule has 2 aromatic heterocycles. The van der Waals surface area contributed by atoms with Gasteiger partial charge < -0.3 is 24.4 Å². The molecule has 0 fully saturated rings. The molecule has 0 saturated heterocycles. The number of carbonyl (C=O) groups excluding carboxylic acids is 2. The van der Waals surface area contributed by atoms with Gasteiger partial charge in [0.05, 0.1) is 12.5 Å². The molecule has 0 aliphatic rings. The number of nitrogens with zero attached hydrogens (tertiary/aromatic N) is 5. The van der Waals surface area contributed by atoms with Gasteiger partial charge in [-0.1, -0.05) is 112 Å². The van der Waals surface area contributed by atoms with E-state index >= 15 is 0 Å². The van der Waals surface area contributed by atoms with Crippen LogP contribution in [0.2, 0.25) is 0 Å². The lowest BCUT2D eigenvalue weighted by Gasteiger charge is -2.34. The van der Waals surface area contributed by atoms with Crippen molar-refractivity contribution >= 4 is 34.8 Å². The van der Waals surface area contributed by atoms with Crippen LogP contribution in [0.15, 0.2) is 103 Å². The highest BCUT2D eigenvalue weighted by molar-refractivity contribution is 6.01. The molecule has 2 heterocycles. The van der Waals surface area contributed by atoms with E-state index in [0.717, 1.165) is 56.4 Å². The highest BCUT2D eigenvalue weighted by Gasteiger charge is 2.36. The van der Waals surface area contributed by atoms with E-state index in [0.29, 0.717) is 12.2 Å². The first-order valence-corrected chi connectivity index (χ1v) is 20.8. The van der Waals surface area contributed by atoms with Gasteiger partial charge in [-0.2, -0.15) is 0 Å². The first kappa shape index (κ1) is 44.1. The molecule has 0 spiro atoms. The molecular formula is C48H53FN6O6. The lowest BCUT2D eigenvalue weighted by molar-refractivity contribution is -0.165. The first-order valence-electron chi connectivity index (χ1n) is 20.8. The van der Waals surface area contributed by atoms with E-state index in [9.17, 15) is 29.0 Å². The van der Waals surface area contributed by atoms with Crippen molar-refractivity contribution in [3.05, 3.63) is 120 Å². The largest absolute Gasteiger partial charge is 0.481 e. The number of ether oxygens (including phenoxy) is 1. The molecule has 6 aromatic rings. The molecule has 6 rings (SSSR count). The van der Waals surface area contributed by atoms with Crippen LogP contribution in [0.5, 0.6) is 0 Å². The molecule has 0 aliphatic carbocycles. The first-order chi connectivity index (χ1) is 29.4. The number of aliphatic hydroxyl groups is 1. The number of carboxylic acids is 1. The molecule has 3 atom stereocenters. The molecule has 0 unspecified atom stereocenters. The second-order valence-electron chi connectivity index (χ2n) is 15.9. The van der Waals surface area contributed by atoms with Gasteiger partial charge in [0.15, 0.2) is 5.82 Å². The Morgan fingerprint density at radius 3 is 2.21 bits per heavy atom. The van der Waals surface area contributed by atoms with Crippen molar-refractivity contribution in [3.8, 4) is 33.6 Å². The summed E-state index contributed by atoms with van der Waals surface area (Å²) in [5.41, 5.74) is 6.81. The zero-order chi connectivity index (χ0) is 43.6. The molecule has 0 radical (unpaired) electrons. The summed E-state index contributed by atoms with van der Waals surface area (Å²) in [6.07, 6.45) is 1.80. The van der Waals surface area contributed by atoms with Crippen LogP contribution in [-0.2, 0) is 25.7 Å². The fourth-order valence-corrected chi connectivity index (χ4v) is 7.85. The van der Waals surface area contributed by atoms with Crippen molar-refractivity contribution in [2.24, 2.45) is 5.92 Å². The van der Waals surface area contributed by atoms with Crippen LogP contribution in [0.3, 0.4) is 0 Å². The molecular weight excluding hydrogens is 776 g/mol. The van der Waals surface area contributed by atoms with Crippen LogP contribution >= 0.6 is 0 Å². The highest BCUT2D eigenvalue weighted by atomic mass is 19.1. The van der Waals surface area contributed by atoms with E-state index in [1.54, 1.807) is 24.3 Å². The molecule has 0 saturated carbocycles. The maximum Gasteiger partial charge on any atom is 0.329 e. The maximum absolute atomic E-state index is 14.2. The predicted molar refractivity (Wildman–Crippen MR) is 233 cm³/mol. The second-order valence-corrected chi connectivity index (χ2v) is 15.9. The Kier molecular flexibility index (Phi) is 14.6. The second kappa shape index (κ2) is 20.2. The van der Waals surface area contributed by atoms with E-state index in [4.69, 9.17) is 4.74 Å². The summed E-state index contributed by atoms with van der Waals surface area (Å²) < 4.78 is 22.1. The van der Waals surface area contributed by atoms with Crippen LogP contribution in [0, 0.1) is 11.7 Å². The average Bonchev–Trinajstić information content (AvgIpc) is 3.89. The normalized spacial score (nSPS) is 13.2. The Labute approximate surface area is 355 Å². The van der Waals surface area contributed by atoms with Gasteiger partial charge in [0.1, 0.15) is 18.0 Å². The number of tetrazole rings is 1. The monoisotopic (exact) mass is 828 g/mol. The van der Waals surface area contributed by atoms with Gasteiger partial charge in [0, 0.05) is 53.2 Å². The Bertz CT molecular complexity index is 2440. The Balaban J connectivity index is 1.24. The standard InChI is InChI=1S/C48H53FN6O6/c1-6-7-16-43(57)54(29-32-17-19-33(20-18-32)38-12-8-9-13-39(38)47-50-52-53-51-47)46(30(2)3)48(60)61-37(28-44(58)59)27-36(56)25-26-42-45(34-21-23-35(49)24-22-34)40-14-10-11-15-41(40)55(42)31(4)5/h8-15,17-26,30-31,36-37,46,56H,6-7,16,27-29H2,1-5H3,(H,58,59)(H,50,51,52,53)/b26-25+/t36-,37-,46-/m0/s1. The summed E-state index contributed by atoms with van der Waals surface area (Å²) in [5, 5.41) is 36.6. The van der Waals surface area contributed by atoms with E-state index < -0.39 is 42.5 Å². The number of fused-ring (bicyclic) bond motifs is 1. The third-order valence-electron chi connectivity index (χ3n) is 10.7. The van der Waals surface area contributed by atoms with Crippen molar-refractivity contribution in [1.29, 1.82) is 0 Å². The van der Waals surface area contributed by atoms with Crippen molar-refractivity contribution in [2.45, 2.75) is 97.6 Å². The van der Waals surface area contributed by atoms with Crippen molar-refractivity contribution < 1.29 is 33.7 Å². The van der Waals surface area contributed by atoms with Gasteiger partial charge in [-0.3, -0.25) is 9.59 Å². The van der Waals surface area contributed by atoms with Crippen molar-refractivity contribution in [2.75, 3.05) is 0 Å². The van der Waals surface area contributed by atoms with E-state index in [2.05, 4.69) is 25.2 Å². The zero-order valence-corrected chi connectivity index (χ0v) is 35.2. The number of para-hydroxylation sites is 1. The number of benzene rings is 4. The molecule has 4 aromatic carbocycles. The molecule has 318 valence electrons. The van der Waals surface area contributed by atoms with E-state index in [1.165, 1.54) is 17.0 Å².